The van der Waals surface area contributed by atoms with Gasteiger partial charge in [-0.25, -0.2) is 0 Å². The molecule has 102 valence electrons. The molecule has 0 aromatic rings. The van der Waals surface area contributed by atoms with Crippen LogP contribution in [0.3, 0.4) is 0 Å². The van der Waals surface area contributed by atoms with Crippen molar-refractivity contribution in [2.45, 2.75) is 64.3 Å². The molecule has 0 aliphatic rings. The molecule has 1 atom stereocenters. The third-order valence-corrected chi connectivity index (χ3v) is 9.67. The molecule has 0 fully saturated rings. The predicted octanol–water partition coefficient (Wildman–Crippen LogP) is 3.39. The van der Waals surface area contributed by atoms with E-state index in [1.54, 1.807) is 7.11 Å². The second-order valence-corrected chi connectivity index (χ2v) is 11.0. The van der Waals surface area contributed by atoms with E-state index < -0.39 is 14.4 Å². The van der Waals surface area contributed by atoms with Gasteiger partial charge in [0.25, 0.3) is 0 Å². The van der Waals surface area contributed by atoms with Gasteiger partial charge >= 0.3 is 0 Å². The third-order valence-electron chi connectivity index (χ3n) is 3.55. The highest BCUT2D eigenvalue weighted by molar-refractivity contribution is 6.77. The molecule has 0 bridgehead atoms. The standard InChI is InChI=1S/C13H28O3Si/c1-10(2)17(11(3)4,12(5)6)16-13(8-14)9-15-7/h8,10-13H,9H2,1-7H3/t13-/m1/s1. The van der Waals surface area contributed by atoms with E-state index in [1.807, 2.05) is 0 Å². The molecule has 0 amide bonds. The second-order valence-electron chi connectivity index (χ2n) is 5.57. The van der Waals surface area contributed by atoms with E-state index in [4.69, 9.17) is 9.16 Å². The van der Waals surface area contributed by atoms with Crippen LogP contribution in [-0.2, 0) is 14.0 Å². The maximum Gasteiger partial charge on any atom is 0.201 e. The van der Waals surface area contributed by atoms with E-state index in [1.165, 1.54) is 0 Å². The molecule has 4 heteroatoms. The number of ether oxygens (including phenoxy) is 1. The monoisotopic (exact) mass is 260 g/mol. The highest BCUT2D eigenvalue weighted by Crippen LogP contribution is 2.42. The molecule has 3 nitrogen and oxygen atoms in total. The number of carbonyl (C=O) groups is 1. The average Bonchev–Trinajstić information content (AvgIpc) is 2.22. The Labute approximate surface area is 107 Å². The molecular formula is C13H28O3Si. The summed E-state index contributed by atoms with van der Waals surface area (Å²) >= 11 is 0. The normalized spacial score (nSPS) is 14.7. The summed E-state index contributed by atoms with van der Waals surface area (Å²) in [7, 11) is -0.360. The molecule has 0 heterocycles. The Morgan fingerprint density at radius 3 is 1.65 bits per heavy atom. The summed E-state index contributed by atoms with van der Waals surface area (Å²) in [5.41, 5.74) is 1.46. The van der Waals surface area contributed by atoms with E-state index in [0.29, 0.717) is 23.2 Å². The number of aldehydes is 1. The highest BCUT2D eigenvalue weighted by Gasteiger charge is 2.46. The minimum Gasteiger partial charge on any atom is -0.404 e. The first-order chi connectivity index (χ1) is 7.82. The fraction of sp³-hybridized carbons (Fsp3) is 0.923. The number of rotatable bonds is 8. The van der Waals surface area contributed by atoms with Gasteiger partial charge in [0.1, 0.15) is 12.4 Å². The van der Waals surface area contributed by atoms with Gasteiger partial charge < -0.3 is 14.0 Å². The zero-order chi connectivity index (χ0) is 13.6. The molecule has 0 spiro atoms. The minimum atomic E-state index is -1.96. The van der Waals surface area contributed by atoms with Gasteiger partial charge in [-0.3, -0.25) is 0 Å². The van der Waals surface area contributed by atoms with Crippen LogP contribution in [0, 0.1) is 0 Å². The molecular weight excluding hydrogens is 232 g/mol. The fourth-order valence-corrected chi connectivity index (χ4v) is 8.40. The first kappa shape index (κ1) is 16.8. The topological polar surface area (TPSA) is 35.5 Å². The Balaban J connectivity index is 5.09. The summed E-state index contributed by atoms with van der Waals surface area (Å²) in [6.07, 6.45) is 0.456. The molecule has 0 unspecified atom stereocenters. The highest BCUT2D eigenvalue weighted by atomic mass is 28.4. The molecule has 0 aliphatic heterocycles. The van der Waals surface area contributed by atoms with Crippen LogP contribution in [0.25, 0.3) is 0 Å². The van der Waals surface area contributed by atoms with Crippen LogP contribution in [0.4, 0.5) is 0 Å². The van der Waals surface area contributed by atoms with Crippen LogP contribution < -0.4 is 0 Å². The largest absolute Gasteiger partial charge is 0.404 e. The summed E-state index contributed by atoms with van der Waals surface area (Å²) in [5, 5.41) is 0. The summed E-state index contributed by atoms with van der Waals surface area (Å²) in [5.74, 6) is 0. The Morgan fingerprint density at radius 1 is 1.00 bits per heavy atom. The zero-order valence-electron chi connectivity index (χ0n) is 12.3. The van der Waals surface area contributed by atoms with E-state index in [9.17, 15) is 4.79 Å². The van der Waals surface area contributed by atoms with Gasteiger partial charge in [0.2, 0.25) is 8.32 Å². The van der Waals surface area contributed by atoms with Gasteiger partial charge in [0, 0.05) is 7.11 Å². The Bertz CT molecular complexity index is 205. The van der Waals surface area contributed by atoms with E-state index in [2.05, 4.69) is 41.5 Å². The number of hydrogen-bond acceptors (Lipinski definition) is 3. The molecule has 0 saturated carbocycles. The van der Waals surface area contributed by atoms with Crippen molar-refractivity contribution in [3.05, 3.63) is 0 Å². The van der Waals surface area contributed by atoms with E-state index in [-0.39, 0.29) is 0 Å². The van der Waals surface area contributed by atoms with Crippen molar-refractivity contribution >= 4 is 14.6 Å². The molecule has 0 aromatic heterocycles. The number of carbonyl (C=O) groups excluding carboxylic acids is 1. The quantitative estimate of drug-likeness (QED) is 0.496. The summed E-state index contributed by atoms with van der Waals surface area (Å²) in [4.78, 5) is 11.1. The van der Waals surface area contributed by atoms with Gasteiger partial charge in [0.15, 0.2) is 0 Å². The lowest BCUT2D eigenvalue weighted by Crippen LogP contribution is -2.51. The smallest absolute Gasteiger partial charge is 0.201 e. The van der Waals surface area contributed by atoms with Crippen LogP contribution in [0.2, 0.25) is 16.6 Å². The lowest BCUT2D eigenvalue weighted by Gasteiger charge is -2.43. The number of methoxy groups -OCH3 is 1. The van der Waals surface area contributed by atoms with Gasteiger partial charge in [-0.05, 0) is 16.6 Å². The fourth-order valence-electron chi connectivity index (χ4n) is 2.94. The van der Waals surface area contributed by atoms with Crippen molar-refractivity contribution in [1.82, 2.24) is 0 Å². The first-order valence-corrected chi connectivity index (χ1v) is 8.58. The van der Waals surface area contributed by atoms with E-state index in [0.717, 1.165) is 6.29 Å². The van der Waals surface area contributed by atoms with Crippen LogP contribution in [-0.4, -0.2) is 34.4 Å². The molecule has 0 aliphatic carbocycles. The lowest BCUT2D eigenvalue weighted by atomic mass is 10.4. The van der Waals surface area contributed by atoms with Crippen LogP contribution >= 0.6 is 0 Å². The maximum atomic E-state index is 11.1. The lowest BCUT2D eigenvalue weighted by molar-refractivity contribution is -0.116. The van der Waals surface area contributed by atoms with Crippen molar-refractivity contribution in [2.75, 3.05) is 13.7 Å². The number of hydrogen-bond donors (Lipinski definition) is 0. The van der Waals surface area contributed by atoms with Crippen molar-refractivity contribution in [2.24, 2.45) is 0 Å². The molecule has 0 radical (unpaired) electrons. The summed E-state index contributed by atoms with van der Waals surface area (Å²) in [6.45, 7) is 13.6. The van der Waals surface area contributed by atoms with Crippen molar-refractivity contribution < 1.29 is 14.0 Å². The average molecular weight is 260 g/mol. The summed E-state index contributed by atoms with van der Waals surface area (Å²) in [6, 6.07) is 0. The van der Waals surface area contributed by atoms with Crippen LogP contribution in [0.1, 0.15) is 41.5 Å². The van der Waals surface area contributed by atoms with Crippen molar-refractivity contribution in [1.29, 1.82) is 0 Å². The van der Waals surface area contributed by atoms with Crippen LogP contribution in [0.5, 0.6) is 0 Å². The van der Waals surface area contributed by atoms with Gasteiger partial charge in [0.05, 0.1) is 6.61 Å². The second kappa shape index (κ2) is 7.29. The van der Waals surface area contributed by atoms with E-state index >= 15 is 0 Å². The van der Waals surface area contributed by atoms with Crippen LogP contribution in [0.15, 0.2) is 0 Å². The maximum absolute atomic E-state index is 11.1. The molecule has 0 N–H and O–H groups in total. The molecule has 0 rings (SSSR count). The SMILES string of the molecule is COC[C@@H](C=O)O[Si](C(C)C)(C(C)C)C(C)C. The van der Waals surface area contributed by atoms with Gasteiger partial charge in [-0.2, -0.15) is 0 Å². The molecule has 0 saturated heterocycles. The Morgan fingerprint density at radius 2 is 1.41 bits per heavy atom. The molecule has 0 aromatic carbocycles. The van der Waals surface area contributed by atoms with Gasteiger partial charge in [-0.1, -0.05) is 41.5 Å². The summed E-state index contributed by atoms with van der Waals surface area (Å²) < 4.78 is 11.3. The first-order valence-electron chi connectivity index (χ1n) is 6.44. The predicted molar refractivity (Wildman–Crippen MR) is 73.9 cm³/mol. The zero-order valence-corrected chi connectivity index (χ0v) is 13.3. The van der Waals surface area contributed by atoms with Crippen molar-refractivity contribution in [3.63, 3.8) is 0 Å². The van der Waals surface area contributed by atoms with Crippen molar-refractivity contribution in [3.8, 4) is 0 Å². The Kier molecular flexibility index (Phi) is 7.20. The molecule has 17 heavy (non-hydrogen) atoms. The minimum absolute atomic E-state index is 0.352. The Hall–Kier alpha value is -0.193. The van der Waals surface area contributed by atoms with Gasteiger partial charge in [-0.15, -0.1) is 0 Å². The third kappa shape index (κ3) is 3.90.